The topological polar surface area (TPSA) is 33.3 Å². The lowest BCUT2D eigenvalue weighted by Crippen LogP contribution is -2.38. The normalized spacial score (nSPS) is 30.6. The predicted octanol–water partition coefficient (Wildman–Crippen LogP) is 1.00. The van der Waals surface area contributed by atoms with Crippen LogP contribution >= 0.6 is 0 Å². The molecule has 0 aromatic rings. The Bertz CT molecular complexity index is 174. The van der Waals surface area contributed by atoms with Crippen molar-refractivity contribution in [3.63, 3.8) is 0 Å². The Hall–Kier alpha value is -0.120. The SMILES string of the molecule is CNC(CC1CCNC1)C1CCOCC1. The van der Waals surface area contributed by atoms with Crippen molar-refractivity contribution in [1.82, 2.24) is 10.6 Å². The minimum Gasteiger partial charge on any atom is -0.381 e. The number of ether oxygens (including phenoxy) is 1. The molecular formula is C12H24N2O. The first-order valence-electron chi connectivity index (χ1n) is 6.36. The van der Waals surface area contributed by atoms with Crippen LogP contribution in [0.1, 0.15) is 25.7 Å². The van der Waals surface area contributed by atoms with E-state index in [0.29, 0.717) is 6.04 Å². The van der Waals surface area contributed by atoms with Gasteiger partial charge in [0.05, 0.1) is 0 Å². The Labute approximate surface area is 93.0 Å². The first-order chi connectivity index (χ1) is 7.40. The van der Waals surface area contributed by atoms with Gasteiger partial charge in [-0.3, -0.25) is 0 Å². The Morgan fingerprint density at radius 2 is 2.13 bits per heavy atom. The van der Waals surface area contributed by atoms with E-state index in [9.17, 15) is 0 Å². The summed E-state index contributed by atoms with van der Waals surface area (Å²) in [5.41, 5.74) is 0. The highest BCUT2D eigenvalue weighted by Crippen LogP contribution is 2.25. The zero-order valence-corrected chi connectivity index (χ0v) is 9.80. The average Bonchev–Trinajstić information content (AvgIpc) is 2.80. The van der Waals surface area contributed by atoms with Crippen LogP contribution in [0.3, 0.4) is 0 Å². The summed E-state index contributed by atoms with van der Waals surface area (Å²) in [5.74, 6) is 1.73. The molecule has 2 N–H and O–H groups in total. The van der Waals surface area contributed by atoms with E-state index in [1.54, 1.807) is 0 Å². The molecule has 2 unspecified atom stereocenters. The maximum atomic E-state index is 5.42. The van der Waals surface area contributed by atoms with Gasteiger partial charge in [-0.25, -0.2) is 0 Å². The van der Waals surface area contributed by atoms with E-state index in [2.05, 4.69) is 17.7 Å². The molecule has 2 fully saturated rings. The van der Waals surface area contributed by atoms with E-state index in [1.807, 2.05) is 0 Å². The van der Waals surface area contributed by atoms with E-state index in [0.717, 1.165) is 25.0 Å². The molecule has 2 aliphatic rings. The zero-order valence-electron chi connectivity index (χ0n) is 9.80. The number of hydrogen-bond acceptors (Lipinski definition) is 3. The lowest BCUT2D eigenvalue weighted by atomic mass is 9.85. The summed E-state index contributed by atoms with van der Waals surface area (Å²) >= 11 is 0. The molecule has 0 bridgehead atoms. The average molecular weight is 212 g/mol. The highest BCUT2D eigenvalue weighted by molar-refractivity contribution is 4.82. The second kappa shape index (κ2) is 5.83. The molecule has 0 spiro atoms. The van der Waals surface area contributed by atoms with E-state index >= 15 is 0 Å². The lowest BCUT2D eigenvalue weighted by molar-refractivity contribution is 0.0516. The molecule has 2 saturated heterocycles. The molecule has 0 amide bonds. The van der Waals surface area contributed by atoms with Crippen LogP contribution in [0.15, 0.2) is 0 Å². The van der Waals surface area contributed by atoms with Gasteiger partial charge in [-0.1, -0.05) is 0 Å². The molecule has 2 rings (SSSR count). The standard InChI is InChI=1S/C12H24N2O/c1-13-12(8-10-2-5-14-9-10)11-3-6-15-7-4-11/h10-14H,2-9H2,1H3. The van der Waals surface area contributed by atoms with Crippen molar-refractivity contribution in [2.75, 3.05) is 33.4 Å². The summed E-state index contributed by atoms with van der Waals surface area (Å²) in [6, 6.07) is 0.707. The van der Waals surface area contributed by atoms with Gasteiger partial charge in [-0.05, 0) is 57.7 Å². The molecule has 2 atom stereocenters. The first-order valence-corrected chi connectivity index (χ1v) is 6.36. The lowest BCUT2D eigenvalue weighted by Gasteiger charge is -2.31. The molecule has 88 valence electrons. The van der Waals surface area contributed by atoms with Crippen LogP contribution in [0, 0.1) is 11.8 Å². The largest absolute Gasteiger partial charge is 0.381 e. The molecule has 2 aliphatic heterocycles. The third-order valence-corrected chi connectivity index (χ3v) is 3.96. The molecule has 0 aromatic heterocycles. The smallest absolute Gasteiger partial charge is 0.0469 e. The van der Waals surface area contributed by atoms with Crippen molar-refractivity contribution in [1.29, 1.82) is 0 Å². The van der Waals surface area contributed by atoms with Gasteiger partial charge in [0.2, 0.25) is 0 Å². The van der Waals surface area contributed by atoms with Crippen LogP contribution in [0.5, 0.6) is 0 Å². The van der Waals surface area contributed by atoms with Gasteiger partial charge in [0, 0.05) is 19.3 Å². The van der Waals surface area contributed by atoms with Crippen LogP contribution < -0.4 is 10.6 Å². The van der Waals surface area contributed by atoms with E-state index in [-0.39, 0.29) is 0 Å². The molecule has 0 saturated carbocycles. The summed E-state index contributed by atoms with van der Waals surface area (Å²) in [5, 5.41) is 6.97. The number of hydrogen-bond donors (Lipinski definition) is 2. The van der Waals surface area contributed by atoms with Gasteiger partial charge >= 0.3 is 0 Å². The molecule has 15 heavy (non-hydrogen) atoms. The molecule has 0 aliphatic carbocycles. The number of rotatable bonds is 4. The summed E-state index contributed by atoms with van der Waals surface area (Å²) < 4.78 is 5.42. The maximum absolute atomic E-state index is 5.42. The third-order valence-electron chi connectivity index (χ3n) is 3.96. The van der Waals surface area contributed by atoms with Gasteiger partial charge < -0.3 is 15.4 Å². The molecule has 0 aromatic carbocycles. The molecular weight excluding hydrogens is 188 g/mol. The van der Waals surface area contributed by atoms with Crippen molar-refractivity contribution in [3.05, 3.63) is 0 Å². The van der Waals surface area contributed by atoms with Crippen LogP contribution in [-0.2, 0) is 4.74 Å². The second-order valence-electron chi connectivity index (χ2n) is 4.94. The maximum Gasteiger partial charge on any atom is 0.0469 e. The first kappa shape index (κ1) is 11.4. The molecule has 3 heteroatoms. The fourth-order valence-electron chi connectivity index (χ4n) is 2.94. The Balaban J connectivity index is 1.79. The summed E-state index contributed by atoms with van der Waals surface area (Å²) in [6.07, 6.45) is 5.19. The van der Waals surface area contributed by atoms with Gasteiger partial charge in [0.15, 0.2) is 0 Å². The Morgan fingerprint density at radius 3 is 2.73 bits per heavy atom. The Morgan fingerprint density at radius 1 is 1.33 bits per heavy atom. The fraction of sp³-hybridized carbons (Fsp3) is 1.00. The summed E-state index contributed by atoms with van der Waals surface area (Å²) in [4.78, 5) is 0. The van der Waals surface area contributed by atoms with E-state index < -0.39 is 0 Å². The van der Waals surface area contributed by atoms with Crippen molar-refractivity contribution in [3.8, 4) is 0 Å². The number of nitrogens with one attached hydrogen (secondary N) is 2. The minimum absolute atomic E-state index is 0.707. The summed E-state index contributed by atoms with van der Waals surface area (Å²) in [7, 11) is 2.11. The van der Waals surface area contributed by atoms with Crippen molar-refractivity contribution >= 4 is 0 Å². The van der Waals surface area contributed by atoms with Gasteiger partial charge in [0.1, 0.15) is 0 Å². The van der Waals surface area contributed by atoms with Crippen molar-refractivity contribution in [2.45, 2.75) is 31.7 Å². The quantitative estimate of drug-likeness (QED) is 0.729. The predicted molar refractivity (Wildman–Crippen MR) is 62.0 cm³/mol. The van der Waals surface area contributed by atoms with Gasteiger partial charge in [-0.2, -0.15) is 0 Å². The molecule has 0 radical (unpaired) electrons. The zero-order chi connectivity index (χ0) is 10.5. The van der Waals surface area contributed by atoms with Crippen LogP contribution in [0.25, 0.3) is 0 Å². The Kier molecular flexibility index (Phi) is 4.42. The second-order valence-corrected chi connectivity index (χ2v) is 4.94. The highest BCUT2D eigenvalue weighted by Gasteiger charge is 2.26. The highest BCUT2D eigenvalue weighted by atomic mass is 16.5. The fourth-order valence-corrected chi connectivity index (χ4v) is 2.94. The van der Waals surface area contributed by atoms with Gasteiger partial charge in [0.25, 0.3) is 0 Å². The van der Waals surface area contributed by atoms with Crippen molar-refractivity contribution in [2.24, 2.45) is 11.8 Å². The van der Waals surface area contributed by atoms with Crippen LogP contribution in [0.2, 0.25) is 0 Å². The molecule has 2 heterocycles. The van der Waals surface area contributed by atoms with Crippen LogP contribution in [-0.4, -0.2) is 39.4 Å². The van der Waals surface area contributed by atoms with Crippen molar-refractivity contribution < 1.29 is 4.74 Å². The van der Waals surface area contributed by atoms with E-state index in [1.165, 1.54) is 38.8 Å². The monoisotopic (exact) mass is 212 g/mol. The molecule has 3 nitrogen and oxygen atoms in total. The minimum atomic E-state index is 0.707. The van der Waals surface area contributed by atoms with E-state index in [4.69, 9.17) is 4.74 Å². The third kappa shape index (κ3) is 3.16. The van der Waals surface area contributed by atoms with Gasteiger partial charge in [-0.15, -0.1) is 0 Å². The van der Waals surface area contributed by atoms with Crippen LogP contribution in [0.4, 0.5) is 0 Å². The summed E-state index contributed by atoms with van der Waals surface area (Å²) in [6.45, 7) is 4.37.